The minimum Gasteiger partial charge on any atom is -0.484 e. The first-order chi connectivity index (χ1) is 11.1. The second kappa shape index (κ2) is 7.56. The summed E-state index contributed by atoms with van der Waals surface area (Å²) < 4.78 is 18.2. The van der Waals surface area contributed by atoms with E-state index in [2.05, 4.69) is 10.9 Å². The van der Waals surface area contributed by atoms with Gasteiger partial charge in [-0.15, -0.1) is 0 Å². The number of nitrogens with one attached hydrogen (secondary N) is 2. The number of ether oxygens (including phenoxy) is 1. The number of amides is 2. The molecule has 2 N–H and O–H groups in total. The van der Waals surface area contributed by atoms with E-state index >= 15 is 0 Å². The summed E-state index contributed by atoms with van der Waals surface area (Å²) >= 11 is 0. The van der Waals surface area contributed by atoms with Crippen LogP contribution in [0.1, 0.15) is 15.9 Å². The van der Waals surface area contributed by atoms with Crippen LogP contribution < -0.4 is 15.6 Å². The Morgan fingerprint density at radius 3 is 2.52 bits per heavy atom. The minimum atomic E-state index is -0.642. The van der Waals surface area contributed by atoms with Gasteiger partial charge in [0, 0.05) is 5.56 Å². The summed E-state index contributed by atoms with van der Waals surface area (Å²) in [5.74, 6) is -1.36. The lowest BCUT2D eigenvalue weighted by Crippen LogP contribution is -2.43. The number of halogens is 1. The quantitative estimate of drug-likeness (QED) is 0.838. The Hall–Kier alpha value is -3.40. The Morgan fingerprint density at radius 2 is 1.87 bits per heavy atom. The summed E-state index contributed by atoms with van der Waals surface area (Å²) in [7, 11) is 0. The maximum Gasteiger partial charge on any atom is 0.276 e. The number of nitrogens with zero attached hydrogens (tertiary/aromatic N) is 1. The molecule has 0 unspecified atom stereocenters. The first kappa shape index (κ1) is 16.0. The third-order valence-corrected chi connectivity index (χ3v) is 2.76. The van der Waals surface area contributed by atoms with Gasteiger partial charge >= 0.3 is 0 Å². The molecule has 2 aromatic carbocycles. The lowest BCUT2D eigenvalue weighted by Gasteiger charge is -2.09. The summed E-state index contributed by atoms with van der Waals surface area (Å²) in [6.45, 7) is -0.324. The van der Waals surface area contributed by atoms with Crippen LogP contribution in [0.5, 0.6) is 5.75 Å². The van der Waals surface area contributed by atoms with Gasteiger partial charge in [0.2, 0.25) is 0 Å². The summed E-state index contributed by atoms with van der Waals surface area (Å²) in [6.07, 6.45) is 0. The molecule has 0 fully saturated rings. The minimum absolute atomic E-state index is 0.0818. The van der Waals surface area contributed by atoms with Crippen molar-refractivity contribution in [2.75, 3.05) is 6.61 Å². The average Bonchev–Trinajstić information content (AvgIpc) is 2.58. The highest BCUT2D eigenvalue weighted by Gasteiger charge is 2.08. The molecule has 0 heterocycles. The molecular formula is C16H12FN3O3. The highest BCUT2D eigenvalue weighted by molar-refractivity contribution is 5.95. The largest absolute Gasteiger partial charge is 0.484 e. The van der Waals surface area contributed by atoms with Crippen molar-refractivity contribution in [2.45, 2.75) is 0 Å². The summed E-state index contributed by atoms with van der Waals surface area (Å²) in [6, 6.07) is 13.2. The van der Waals surface area contributed by atoms with Crippen molar-refractivity contribution in [3.63, 3.8) is 0 Å². The Morgan fingerprint density at radius 1 is 1.13 bits per heavy atom. The van der Waals surface area contributed by atoms with E-state index < -0.39 is 17.6 Å². The van der Waals surface area contributed by atoms with Crippen molar-refractivity contribution < 1.29 is 18.7 Å². The second-order valence-electron chi connectivity index (χ2n) is 4.44. The van der Waals surface area contributed by atoms with Crippen LogP contribution >= 0.6 is 0 Å². The molecule has 116 valence electrons. The summed E-state index contributed by atoms with van der Waals surface area (Å²) in [5.41, 5.74) is 4.87. The summed E-state index contributed by atoms with van der Waals surface area (Å²) in [5, 5.41) is 8.66. The Labute approximate surface area is 131 Å². The molecule has 0 aliphatic heterocycles. The van der Waals surface area contributed by atoms with E-state index in [0.717, 1.165) is 6.07 Å². The third-order valence-electron chi connectivity index (χ3n) is 2.76. The first-order valence-electron chi connectivity index (χ1n) is 6.56. The number of hydrogen-bond acceptors (Lipinski definition) is 4. The van der Waals surface area contributed by atoms with E-state index in [9.17, 15) is 14.0 Å². The van der Waals surface area contributed by atoms with Crippen molar-refractivity contribution in [3.8, 4) is 11.8 Å². The second-order valence-corrected chi connectivity index (χ2v) is 4.44. The van der Waals surface area contributed by atoms with Crippen molar-refractivity contribution in [1.82, 2.24) is 10.9 Å². The van der Waals surface area contributed by atoms with Crippen LogP contribution in [-0.2, 0) is 4.79 Å². The van der Waals surface area contributed by atoms with Gasteiger partial charge in [-0.3, -0.25) is 20.4 Å². The molecule has 23 heavy (non-hydrogen) atoms. The van der Waals surface area contributed by atoms with Crippen molar-refractivity contribution in [3.05, 3.63) is 65.5 Å². The predicted octanol–water partition coefficient (Wildman–Crippen LogP) is 1.54. The van der Waals surface area contributed by atoms with Gasteiger partial charge in [0.1, 0.15) is 11.6 Å². The van der Waals surface area contributed by atoms with Gasteiger partial charge in [-0.2, -0.15) is 5.26 Å². The normalized spacial score (nSPS) is 9.57. The van der Waals surface area contributed by atoms with E-state index in [1.807, 2.05) is 6.07 Å². The van der Waals surface area contributed by atoms with Crippen LogP contribution in [0.15, 0.2) is 48.5 Å². The van der Waals surface area contributed by atoms with Gasteiger partial charge in [-0.05, 0) is 42.5 Å². The Bertz CT molecular complexity index is 754. The van der Waals surface area contributed by atoms with Crippen LogP contribution in [0.4, 0.5) is 4.39 Å². The first-order valence-corrected chi connectivity index (χ1v) is 6.56. The van der Waals surface area contributed by atoms with Crippen LogP contribution in [0.3, 0.4) is 0 Å². The fourth-order valence-electron chi connectivity index (χ4n) is 1.64. The molecular weight excluding hydrogens is 301 g/mol. The molecule has 0 radical (unpaired) electrons. The zero-order valence-electron chi connectivity index (χ0n) is 11.9. The van der Waals surface area contributed by atoms with Gasteiger partial charge in [0.05, 0.1) is 11.6 Å². The molecule has 0 bridgehead atoms. The van der Waals surface area contributed by atoms with Crippen molar-refractivity contribution >= 4 is 11.8 Å². The molecule has 7 heteroatoms. The molecule has 2 rings (SSSR count). The standard InChI is InChI=1S/C16H12FN3O3/c17-13-3-1-2-12(8-13)16(22)20-19-15(21)10-23-14-6-4-11(9-18)5-7-14/h1-8H,10H2,(H,19,21)(H,20,22). The van der Waals surface area contributed by atoms with Gasteiger partial charge in [0.25, 0.3) is 11.8 Å². The molecule has 2 amide bonds. The topological polar surface area (TPSA) is 91.2 Å². The smallest absolute Gasteiger partial charge is 0.276 e. The average molecular weight is 313 g/mol. The number of hydrazine groups is 1. The van der Waals surface area contributed by atoms with Crippen LogP contribution in [0.2, 0.25) is 0 Å². The summed E-state index contributed by atoms with van der Waals surface area (Å²) in [4.78, 5) is 23.2. The highest BCUT2D eigenvalue weighted by atomic mass is 19.1. The fraction of sp³-hybridized carbons (Fsp3) is 0.0625. The fourth-order valence-corrected chi connectivity index (χ4v) is 1.64. The van der Waals surface area contributed by atoms with E-state index in [1.54, 1.807) is 24.3 Å². The SMILES string of the molecule is N#Cc1ccc(OCC(=O)NNC(=O)c2cccc(F)c2)cc1. The molecule has 0 aliphatic rings. The zero-order chi connectivity index (χ0) is 16.7. The van der Waals surface area contributed by atoms with Crippen molar-refractivity contribution in [1.29, 1.82) is 5.26 Å². The predicted molar refractivity (Wildman–Crippen MR) is 78.7 cm³/mol. The molecule has 0 aliphatic carbocycles. The van der Waals surface area contributed by atoms with E-state index in [-0.39, 0.29) is 12.2 Å². The molecule has 0 aromatic heterocycles. The van der Waals surface area contributed by atoms with Crippen LogP contribution in [0, 0.1) is 17.1 Å². The van der Waals surface area contributed by atoms with Crippen LogP contribution in [0.25, 0.3) is 0 Å². The molecule has 0 atom stereocenters. The Kier molecular flexibility index (Phi) is 5.25. The maximum absolute atomic E-state index is 13.0. The number of nitriles is 1. The number of hydrogen-bond donors (Lipinski definition) is 2. The number of carbonyl (C=O) groups is 2. The lowest BCUT2D eigenvalue weighted by molar-refractivity contribution is -0.123. The highest BCUT2D eigenvalue weighted by Crippen LogP contribution is 2.11. The van der Waals surface area contributed by atoms with Crippen LogP contribution in [-0.4, -0.2) is 18.4 Å². The van der Waals surface area contributed by atoms with Gasteiger partial charge < -0.3 is 4.74 Å². The van der Waals surface area contributed by atoms with Gasteiger partial charge in [0.15, 0.2) is 6.61 Å². The third kappa shape index (κ3) is 4.82. The van der Waals surface area contributed by atoms with Crippen molar-refractivity contribution in [2.24, 2.45) is 0 Å². The molecule has 0 spiro atoms. The monoisotopic (exact) mass is 313 g/mol. The zero-order valence-corrected chi connectivity index (χ0v) is 11.9. The molecule has 2 aromatic rings. The Balaban J connectivity index is 1.78. The van der Waals surface area contributed by atoms with E-state index in [0.29, 0.717) is 11.3 Å². The lowest BCUT2D eigenvalue weighted by atomic mass is 10.2. The van der Waals surface area contributed by atoms with Gasteiger partial charge in [-0.25, -0.2) is 4.39 Å². The van der Waals surface area contributed by atoms with E-state index in [1.165, 1.54) is 18.2 Å². The molecule has 0 saturated carbocycles. The number of benzene rings is 2. The maximum atomic E-state index is 13.0. The number of rotatable bonds is 4. The molecule has 0 saturated heterocycles. The van der Waals surface area contributed by atoms with E-state index in [4.69, 9.17) is 10.00 Å². The number of carbonyl (C=O) groups excluding carboxylic acids is 2. The van der Waals surface area contributed by atoms with Gasteiger partial charge in [-0.1, -0.05) is 6.07 Å². The molecule has 6 nitrogen and oxygen atoms in total.